The zero-order chi connectivity index (χ0) is 12.2. The summed E-state index contributed by atoms with van der Waals surface area (Å²) in [5, 5.41) is 3.55. The Morgan fingerprint density at radius 2 is 2.00 bits per heavy atom. The van der Waals surface area contributed by atoms with Gasteiger partial charge in [0.15, 0.2) is 0 Å². The van der Waals surface area contributed by atoms with E-state index in [0.717, 1.165) is 5.75 Å². The molecular formula is C14H23NO. The number of hydrogen-bond acceptors (Lipinski definition) is 2. The minimum Gasteiger partial charge on any atom is -0.494 e. The Morgan fingerprint density at radius 3 is 2.56 bits per heavy atom. The van der Waals surface area contributed by atoms with Crippen molar-refractivity contribution in [2.75, 3.05) is 6.61 Å². The first-order valence-electron chi connectivity index (χ1n) is 5.93. The Bertz CT molecular complexity index is 328. The lowest BCUT2D eigenvalue weighted by atomic mass is 10.0. The van der Waals surface area contributed by atoms with Crippen molar-refractivity contribution in [3.8, 4) is 5.75 Å². The molecular weight excluding hydrogens is 198 g/mol. The predicted octanol–water partition coefficient (Wildman–Crippen LogP) is 3.53. The second kappa shape index (κ2) is 5.35. The molecule has 0 aromatic heterocycles. The Morgan fingerprint density at radius 1 is 1.31 bits per heavy atom. The van der Waals surface area contributed by atoms with E-state index in [1.807, 2.05) is 19.1 Å². The van der Waals surface area contributed by atoms with Crippen LogP contribution in [0.2, 0.25) is 0 Å². The number of hydrogen-bond donors (Lipinski definition) is 1. The van der Waals surface area contributed by atoms with Gasteiger partial charge < -0.3 is 10.1 Å². The molecule has 0 saturated carbocycles. The SMILES string of the molecule is CCOc1cccc([C@@H](C)NC(C)(C)C)c1. The fourth-order valence-electron chi connectivity index (χ4n) is 1.77. The zero-order valence-electron chi connectivity index (χ0n) is 11.0. The Hall–Kier alpha value is -1.02. The van der Waals surface area contributed by atoms with Gasteiger partial charge in [0.1, 0.15) is 5.75 Å². The minimum absolute atomic E-state index is 0.126. The predicted molar refractivity (Wildman–Crippen MR) is 68.9 cm³/mol. The third-order valence-corrected chi connectivity index (χ3v) is 2.32. The topological polar surface area (TPSA) is 21.3 Å². The van der Waals surface area contributed by atoms with Gasteiger partial charge >= 0.3 is 0 Å². The van der Waals surface area contributed by atoms with E-state index < -0.39 is 0 Å². The number of ether oxygens (including phenoxy) is 1. The molecule has 0 radical (unpaired) electrons. The van der Waals surface area contributed by atoms with E-state index in [2.05, 4.69) is 45.1 Å². The summed E-state index contributed by atoms with van der Waals surface area (Å²) in [4.78, 5) is 0. The van der Waals surface area contributed by atoms with E-state index in [-0.39, 0.29) is 5.54 Å². The summed E-state index contributed by atoms with van der Waals surface area (Å²) in [5.74, 6) is 0.947. The van der Waals surface area contributed by atoms with Gasteiger partial charge in [0.2, 0.25) is 0 Å². The van der Waals surface area contributed by atoms with Crippen molar-refractivity contribution < 1.29 is 4.74 Å². The van der Waals surface area contributed by atoms with Crippen LogP contribution in [0.4, 0.5) is 0 Å². The highest BCUT2D eigenvalue weighted by Gasteiger charge is 2.14. The highest BCUT2D eigenvalue weighted by Crippen LogP contribution is 2.21. The third kappa shape index (κ3) is 4.23. The van der Waals surface area contributed by atoms with Crippen molar-refractivity contribution in [2.24, 2.45) is 0 Å². The molecule has 2 heteroatoms. The fraction of sp³-hybridized carbons (Fsp3) is 0.571. The van der Waals surface area contributed by atoms with Gasteiger partial charge in [-0.05, 0) is 52.3 Å². The molecule has 16 heavy (non-hydrogen) atoms. The number of benzene rings is 1. The van der Waals surface area contributed by atoms with Gasteiger partial charge in [-0.1, -0.05) is 12.1 Å². The van der Waals surface area contributed by atoms with Gasteiger partial charge in [0, 0.05) is 11.6 Å². The molecule has 1 rings (SSSR count). The van der Waals surface area contributed by atoms with Crippen molar-refractivity contribution in [1.29, 1.82) is 0 Å². The monoisotopic (exact) mass is 221 g/mol. The summed E-state index contributed by atoms with van der Waals surface area (Å²) < 4.78 is 5.50. The van der Waals surface area contributed by atoms with Crippen molar-refractivity contribution in [2.45, 2.75) is 46.2 Å². The van der Waals surface area contributed by atoms with E-state index in [1.54, 1.807) is 0 Å². The van der Waals surface area contributed by atoms with E-state index in [1.165, 1.54) is 5.56 Å². The highest BCUT2D eigenvalue weighted by atomic mass is 16.5. The second-order valence-electron chi connectivity index (χ2n) is 5.12. The molecule has 0 aliphatic carbocycles. The molecule has 0 aliphatic heterocycles. The van der Waals surface area contributed by atoms with Crippen LogP contribution in [0.25, 0.3) is 0 Å². The van der Waals surface area contributed by atoms with Gasteiger partial charge in [0.05, 0.1) is 6.61 Å². The van der Waals surface area contributed by atoms with Gasteiger partial charge in [-0.2, -0.15) is 0 Å². The van der Waals surface area contributed by atoms with Crippen LogP contribution in [0.15, 0.2) is 24.3 Å². The van der Waals surface area contributed by atoms with E-state index >= 15 is 0 Å². The first kappa shape index (κ1) is 13.0. The summed E-state index contributed by atoms with van der Waals surface area (Å²) in [6.45, 7) is 11.4. The quantitative estimate of drug-likeness (QED) is 0.839. The standard InChI is InChI=1S/C14H23NO/c1-6-16-13-9-7-8-12(10-13)11(2)15-14(3,4)5/h7-11,15H,6H2,1-5H3/t11-/m1/s1. The second-order valence-corrected chi connectivity index (χ2v) is 5.12. The first-order chi connectivity index (χ1) is 7.42. The van der Waals surface area contributed by atoms with Crippen LogP contribution in [-0.2, 0) is 0 Å². The van der Waals surface area contributed by atoms with Crippen molar-refractivity contribution in [3.63, 3.8) is 0 Å². The lowest BCUT2D eigenvalue weighted by Gasteiger charge is -2.26. The molecule has 0 spiro atoms. The maximum absolute atomic E-state index is 5.50. The molecule has 0 fully saturated rings. The van der Waals surface area contributed by atoms with E-state index in [4.69, 9.17) is 4.74 Å². The molecule has 0 saturated heterocycles. The van der Waals surface area contributed by atoms with Gasteiger partial charge in [0.25, 0.3) is 0 Å². The molecule has 0 heterocycles. The van der Waals surface area contributed by atoms with Gasteiger partial charge in [-0.15, -0.1) is 0 Å². The Labute approximate surface area is 99.0 Å². The maximum atomic E-state index is 5.50. The molecule has 1 N–H and O–H groups in total. The minimum atomic E-state index is 0.126. The van der Waals surface area contributed by atoms with Crippen molar-refractivity contribution in [1.82, 2.24) is 5.32 Å². The average Bonchev–Trinajstić information content (AvgIpc) is 2.16. The normalized spacial score (nSPS) is 13.6. The largest absolute Gasteiger partial charge is 0.494 e. The highest BCUT2D eigenvalue weighted by molar-refractivity contribution is 5.30. The molecule has 1 atom stereocenters. The average molecular weight is 221 g/mol. The zero-order valence-corrected chi connectivity index (χ0v) is 11.0. The van der Waals surface area contributed by atoms with Crippen LogP contribution in [0.5, 0.6) is 5.75 Å². The molecule has 90 valence electrons. The van der Waals surface area contributed by atoms with Gasteiger partial charge in [-0.25, -0.2) is 0 Å². The van der Waals surface area contributed by atoms with Crippen LogP contribution in [0.1, 0.15) is 46.2 Å². The lowest BCUT2D eigenvalue weighted by Crippen LogP contribution is -2.37. The smallest absolute Gasteiger partial charge is 0.119 e. The van der Waals surface area contributed by atoms with Crippen LogP contribution >= 0.6 is 0 Å². The Kier molecular flexibility index (Phi) is 4.36. The number of rotatable bonds is 4. The van der Waals surface area contributed by atoms with Crippen molar-refractivity contribution in [3.05, 3.63) is 29.8 Å². The molecule has 1 aromatic carbocycles. The molecule has 2 nitrogen and oxygen atoms in total. The van der Waals surface area contributed by atoms with Crippen LogP contribution in [0.3, 0.4) is 0 Å². The first-order valence-corrected chi connectivity index (χ1v) is 5.93. The van der Waals surface area contributed by atoms with E-state index in [9.17, 15) is 0 Å². The summed E-state index contributed by atoms with van der Waals surface area (Å²) in [6, 6.07) is 8.61. The molecule has 0 bridgehead atoms. The Balaban J connectivity index is 2.75. The van der Waals surface area contributed by atoms with E-state index in [0.29, 0.717) is 12.6 Å². The summed E-state index contributed by atoms with van der Waals surface area (Å²) >= 11 is 0. The number of nitrogens with one attached hydrogen (secondary N) is 1. The van der Waals surface area contributed by atoms with Crippen LogP contribution < -0.4 is 10.1 Å². The summed E-state index contributed by atoms with van der Waals surface area (Å²) in [5.41, 5.74) is 1.39. The van der Waals surface area contributed by atoms with Crippen LogP contribution in [0, 0.1) is 0 Å². The lowest BCUT2D eigenvalue weighted by molar-refractivity contribution is 0.337. The maximum Gasteiger partial charge on any atom is 0.119 e. The summed E-state index contributed by atoms with van der Waals surface area (Å²) in [6.07, 6.45) is 0. The fourth-order valence-corrected chi connectivity index (χ4v) is 1.77. The molecule has 1 aromatic rings. The van der Waals surface area contributed by atoms with Crippen LogP contribution in [-0.4, -0.2) is 12.1 Å². The van der Waals surface area contributed by atoms with Crippen molar-refractivity contribution >= 4 is 0 Å². The summed E-state index contributed by atoms with van der Waals surface area (Å²) in [7, 11) is 0. The third-order valence-electron chi connectivity index (χ3n) is 2.32. The van der Waals surface area contributed by atoms with Gasteiger partial charge in [-0.3, -0.25) is 0 Å². The molecule has 0 aliphatic rings. The molecule has 0 amide bonds. The molecule has 0 unspecified atom stereocenters.